The van der Waals surface area contributed by atoms with Gasteiger partial charge in [0.1, 0.15) is 17.6 Å². The maximum atomic E-state index is 9.69. The highest BCUT2D eigenvalue weighted by molar-refractivity contribution is 5.63. The molecule has 1 N–H and O–H groups in total. The number of ether oxygens (including phenoxy) is 1. The van der Waals surface area contributed by atoms with E-state index in [1.165, 1.54) is 5.56 Å². The molecule has 0 aromatic heterocycles. The van der Waals surface area contributed by atoms with Crippen molar-refractivity contribution in [1.82, 2.24) is 0 Å². The van der Waals surface area contributed by atoms with E-state index in [-0.39, 0.29) is 6.10 Å². The Balaban J connectivity index is 1.82. The van der Waals surface area contributed by atoms with Crippen LogP contribution < -0.4 is 9.64 Å². The van der Waals surface area contributed by atoms with Crippen LogP contribution in [0, 0.1) is 0 Å². The SMILES string of the molecule is CCCN1CC(Cc2ccccc2)Oc2ccc(O)cc21. The van der Waals surface area contributed by atoms with E-state index in [2.05, 4.69) is 36.1 Å². The van der Waals surface area contributed by atoms with Crippen molar-refractivity contribution in [2.75, 3.05) is 18.0 Å². The van der Waals surface area contributed by atoms with E-state index < -0.39 is 0 Å². The molecule has 1 atom stereocenters. The summed E-state index contributed by atoms with van der Waals surface area (Å²) in [5.41, 5.74) is 2.29. The lowest BCUT2D eigenvalue weighted by Crippen LogP contribution is -2.41. The number of phenols is 1. The van der Waals surface area contributed by atoms with E-state index in [4.69, 9.17) is 4.74 Å². The van der Waals surface area contributed by atoms with Crippen LogP contribution in [0.25, 0.3) is 0 Å². The Hall–Kier alpha value is -2.16. The van der Waals surface area contributed by atoms with Gasteiger partial charge in [0.05, 0.1) is 12.2 Å². The maximum Gasteiger partial charge on any atom is 0.143 e. The molecule has 0 fully saturated rings. The Morgan fingerprint density at radius 1 is 1.19 bits per heavy atom. The molecule has 110 valence electrons. The van der Waals surface area contributed by atoms with Gasteiger partial charge in [0, 0.05) is 19.0 Å². The van der Waals surface area contributed by atoms with E-state index in [0.717, 1.165) is 37.4 Å². The van der Waals surface area contributed by atoms with Gasteiger partial charge in [-0.15, -0.1) is 0 Å². The summed E-state index contributed by atoms with van der Waals surface area (Å²) >= 11 is 0. The average Bonchev–Trinajstić information content (AvgIpc) is 2.49. The number of fused-ring (bicyclic) bond motifs is 1. The zero-order valence-corrected chi connectivity index (χ0v) is 12.3. The number of hydrogen-bond acceptors (Lipinski definition) is 3. The van der Waals surface area contributed by atoms with Crippen molar-refractivity contribution in [2.45, 2.75) is 25.9 Å². The van der Waals surface area contributed by atoms with Gasteiger partial charge in [-0.25, -0.2) is 0 Å². The lowest BCUT2D eigenvalue weighted by atomic mass is 10.1. The molecule has 2 aromatic rings. The van der Waals surface area contributed by atoms with Gasteiger partial charge in [0.15, 0.2) is 0 Å². The Labute approximate surface area is 125 Å². The molecule has 1 heterocycles. The zero-order valence-electron chi connectivity index (χ0n) is 12.3. The average molecular weight is 283 g/mol. The molecular weight excluding hydrogens is 262 g/mol. The number of hydrogen-bond donors (Lipinski definition) is 1. The molecule has 3 nitrogen and oxygen atoms in total. The van der Waals surface area contributed by atoms with Crippen LogP contribution in [-0.4, -0.2) is 24.3 Å². The minimum absolute atomic E-state index is 0.149. The highest BCUT2D eigenvalue weighted by Gasteiger charge is 2.25. The fraction of sp³-hybridized carbons (Fsp3) is 0.333. The number of benzene rings is 2. The van der Waals surface area contributed by atoms with Crippen LogP contribution in [0.15, 0.2) is 48.5 Å². The summed E-state index contributed by atoms with van der Waals surface area (Å²) in [5, 5.41) is 9.69. The topological polar surface area (TPSA) is 32.7 Å². The zero-order chi connectivity index (χ0) is 14.7. The second-order valence-corrected chi connectivity index (χ2v) is 5.53. The summed E-state index contributed by atoms with van der Waals surface area (Å²) in [6.45, 7) is 4.01. The highest BCUT2D eigenvalue weighted by atomic mass is 16.5. The van der Waals surface area contributed by atoms with E-state index in [9.17, 15) is 5.11 Å². The number of aromatic hydroxyl groups is 1. The van der Waals surface area contributed by atoms with Crippen molar-refractivity contribution >= 4 is 5.69 Å². The van der Waals surface area contributed by atoms with Crippen molar-refractivity contribution in [3.05, 3.63) is 54.1 Å². The van der Waals surface area contributed by atoms with Crippen molar-refractivity contribution in [1.29, 1.82) is 0 Å². The molecule has 0 aliphatic carbocycles. The standard InChI is InChI=1S/C18H21NO2/c1-2-10-19-13-16(11-14-6-4-3-5-7-14)21-18-9-8-15(20)12-17(18)19/h3-9,12,16,20H,2,10-11,13H2,1H3. The first-order valence-corrected chi connectivity index (χ1v) is 7.55. The molecule has 21 heavy (non-hydrogen) atoms. The molecule has 2 aromatic carbocycles. The molecule has 3 heteroatoms. The van der Waals surface area contributed by atoms with Crippen LogP contribution in [0.2, 0.25) is 0 Å². The predicted octanol–water partition coefficient (Wildman–Crippen LogP) is 3.61. The minimum atomic E-state index is 0.149. The van der Waals surface area contributed by atoms with Crippen LogP contribution in [0.1, 0.15) is 18.9 Å². The second kappa shape index (κ2) is 6.08. The van der Waals surface area contributed by atoms with Gasteiger partial charge in [0.2, 0.25) is 0 Å². The van der Waals surface area contributed by atoms with Crippen LogP contribution in [0.5, 0.6) is 11.5 Å². The number of rotatable bonds is 4. The number of nitrogens with zero attached hydrogens (tertiary/aromatic N) is 1. The molecule has 1 aliphatic heterocycles. The van der Waals surface area contributed by atoms with E-state index in [0.29, 0.717) is 5.75 Å². The third kappa shape index (κ3) is 3.13. The summed E-state index contributed by atoms with van der Waals surface area (Å²) in [6, 6.07) is 15.8. The minimum Gasteiger partial charge on any atom is -0.508 e. The second-order valence-electron chi connectivity index (χ2n) is 5.53. The third-order valence-corrected chi connectivity index (χ3v) is 3.80. The van der Waals surface area contributed by atoms with Crippen LogP contribution in [-0.2, 0) is 6.42 Å². The Bertz CT molecular complexity index is 597. The van der Waals surface area contributed by atoms with E-state index in [1.807, 2.05) is 12.1 Å². The summed E-state index contributed by atoms with van der Waals surface area (Å²) in [6.07, 6.45) is 2.13. The van der Waals surface area contributed by atoms with Gasteiger partial charge in [-0.2, -0.15) is 0 Å². The first kappa shape index (κ1) is 13.8. The monoisotopic (exact) mass is 283 g/mol. The Morgan fingerprint density at radius 2 is 2.00 bits per heavy atom. The number of phenolic OH excluding ortho intramolecular Hbond substituents is 1. The van der Waals surface area contributed by atoms with Crippen molar-refractivity contribution in [3.8, 4) is 11.5 Å². The first-order valence-electron chi connectivity index (χ1n) is 7.55. The Morgan fingerprint density at radius 3 is 2.76 bits per heavy atom. The summed E-state index contributed by atoms with van der Waals surface area (Å²) in [5.74, 6) is 1.16. The highest BCUT2D eigenvalue weighted by Crippen LogP contribution is 2.36. The lowest BCUT2D eigenvalue weighted by molar-refractivity contribution is 0.193. The van der Waals surface area contributed by atoms with Gasteiger partial charge in [-0.1, -0.05) is 37.3 Å². The maximum absolute atomic E-state index is 9.69. The largest absolute Gasteiger partial charge is 0.508 e. The molecular formula is C18H21NO2. The molecule has 3 rings (SSSR count). The lowest BCUT2D eigenvalue weighted by Gasteiger charge is -2.36. The molecule has 0 bridgehead atoms. The summed E-state index contributed by atoms with van der Waals surface area (Å²) < 4.78 is 6.11. The summed E-state index contributed by atoms with van der Waals surface area (Å²) in [7, 11) is 0. The Kier molecular flexibility index (Phi) is 4.00. The molecule has 0 saturated heterocycles. The molecule has 0 saturated carbocycles. The fourth-order valence-corrected chi connectivity index (χ4v) is 2.88. The number of anilines is 1. The molecule has 0 radical (unpaired) electrons. The fourth-order valence-electron chi connectivity index (χ4n) is 2.88. The summed E-state index contributed by atoms with van der Waals surface area (Å²) in [4.78, 5) is 2.31. The van der Waals surface area contributed by atoms with Crippen molar-refractivity contribution in [3.63, 3.8) is 0 Å². The normalized spacial score (nSPS) is 17.2. The van der Waals surface area contributed by atoms with E-state index >= 15 is 0 Å². The van der Waals surface area contributed by atoms with E-state index in [1.54, 1.807) is 12.1 Å². The van der Waals surface area contributed by atoms with Crippen LogP contribution in [0.4, 0.5) is 5.69 Å². The van der Waals surface area contributed by atoms with Gasteiger partial charge in [-0.05, 0) is 24.1 Å². The third-order valence-electron chi connectivity index (χ3n) is 3.80. The molecule has 0 amide bonds. The smallest absolute Gasteiger partial charge is 0.143 e. The van der Waals surface area contributed by atoms with Crippen LogP contribution in [0.3, 0.4) is 0 Å². The molecule has 0 spiro atoms. The first-order chi connectivity index (χ1) is 10.3. The van der Waals surface area contributed by atoms with Crippen LogP contribution >= 0.6 is 0 Å². The predicted molar refractivity (Wildman–Crippen MR) is 85.2 cm³/mol. The van der Waals surface area contributed by atoms with Gasteiger partial charge in [-0.3, -0.25) is 0 Å². The quantitative estimate of drug-likeness (QED) is 0.930. The van der Waals surface area contributed by atoms with Crippen molar-refractivity contribution in [2.24, 2.45) is 0 Å². The van der Waals surface area contributed by atoms with Gasteiger partial charge < -0.3 is 14.7 Å². The van der Waals surface area contributed by atoms with Gasteiger partial charge >= 0.3 is 0 Å². The van der Waals surface area contributed by atoms with Crippen molar-refractivity contribution < 1.29 is 9.84 Å². The molecule has 1 unspecified atom stereocenters. The van der Waals surface area contributed by atoms with Gasteiger partial charge in [0.25, 0.3) is 0 Å². The molecule has 1 aliphatic rings.